The van der Waals surface area contributed by atoms with Gasteiger partial charge >= 0.3 is 0 Å². The Kier molecular flexibility index (Phi) is 6.43. The van der Waals surface area contributed by atoms with Crippen LogP contribution >= 0.6 is 0 Å². The Labute approximate surface area is 143 Å². The number of hydrogen-bond acceptors (Lipinski definition) is 3. The molecule has 0 amide bonds. The highest BCUT2D eigenvalue weighted by Crippen LogP contribution is 2.26. The average Bonchev–Trinajstić information content (AvgIpc) is 3.34. The molecule has 24 heavy (non-hydrogen) atoms. The summed E-state index contributed by atoms with van der Waals surface area (Å²) in [5, 5.41) is 8.50. The molecule has 0 saturated carbocycles. The molecule has 124 valence electrons. The molecule has 0 spiro atoms. The van der Waals surface area contributed by atoms with Gasteiger partial charge in [-0.15, -0.1) is 0 Å². The number of benzene rings is 1. The number of pyridine rings is 1. The molecule has 0 aliphatic carbocycles. The highest BCUT2D eigenvalue weighted by atomic mass is 15.1. The van der Waals surface area contributed by atoms with Crippen LogP contribution in [0.15, 0.2) is 53.7 Å². The molecule has 0 fully saturated rings. The van der Waals surface area contributed by atoms with Crippen molar-refractivity contribution in [2.24, 2.45) is 4.99 Å². The summed E-state index contributed by atoms with van der Waals surface area (Å²) < 4.78 is 0. The molecule has 0 radical (unpaired) electrons. The summed E-state index contributed by atoms with van der Waals surface area (Å²) >= 11 is 0. The Morgan fingerprint density at radius 3 is 2.42 bits per heavy atom. The number of aromatic amines is 1. The van der Waals surface area contributed by atoms with E-state index in [1.807, 2.05) is 58.3 Å². The van der Waals surface area contributed by atoms with E-state index in [9.17, 15) is 0 Å². The SMILES string of the molecule is C1=NCC=C1c1n[nH]c2cnc(-c3ccccc3)cc12.CC.CC. The molecule has 3 aromatic rings. The second-order valence-corrected chi connectivity index (χ2v) is 4.71. The summed E-state index contributed by atoms with van der Waals surface area (Å²) in [4.78, 5) is 8.71. The third-order valence-electron chi connectivity index (χ3n) is 3.44. The van der Waals surface area contributed by atoms with Crippen LogP contribution in [-0.4, -0.2) is 27.9 Å². The first-order valence-corrected chi connectivity index (χ1v) is 8.52. The number of aromatic nitrogens is 3. The minimum atomic E-state index is 0.736. The first-order valence-electron chi connectivity index (χ1n) is 8.52. The zero-order chi connectivity index (χ0) is 17.4. The smallest absolute Gasteiger partial charge is 0.101 e. The molecular weight excluding hydrogens is 296 g/mol. The van der Waals surface area contributed by atoms with Crippen LogP contribution in [0.1, 0.15) is 33.4 Å². The molecule has 1 aromatic carbocycles. The van der Waals surface area contributed by atoms with Gasteiger partial charge in [-0.3, -0.25) is 15.1 Å². The van der Waals surface area contributed by atoms with Gasteiger partial charge in [-0.2, -0.15) is 5.10 Å². The molecule has 4 nitrogen and oxygen atoms in total. The van der Waals surface area contributed by atoms with Crippen molar-refractivity contribution in [3.8, 4) is 11.3 Å². The predicted molar refractivity (Wildman–Crippen MR) is 103 cm³/mol. The number of rotatable bonds is 2. The van der Waals surface area contributed by atoms with E-state index < -0.39 is 0 Å². The van der Waals surface area contributed by atoms with Crippen molar-refractivity contribution in [1.29, 1.82) is 0 Å². The number of hydrogen-bond donors (Lipinski definition) is 1. The monoisotopic (exact) mass is 320 g/mol. The van der Waals surface area contributed by atoms with Gasteiger partial charge in [-0.25, -0.2) is 0 Å². The second-order valence-electron chi connectivity index (χ2n) is 4.71. The number of aliphatic imine (C=N–C) groups is 1. The number of fused-ring (bicyclic) bond motifs is 1. The van der Waals surface area contributed by atoms with Crippen molar-refractivity contribution in [1.82, 2.24) is 15.2 Å². The maximum absolute atomic E-state index is 4.49. The van der Waals surface area contributed by atoms with Crippen LogP contribution in [0.4, 0.5) is 0 Å². The van der Waals surface area contributed by atoms with Crippen LogP contribution in [0.3, 0.4) is 0 Å². The summed E-state index contributed by atoms with van der Waals surface area (Å²) in [5.74, 6) is 0. The Bertz CT molecular complexity index is 829. The van der Waals surface area contributed by atoms with Gasteiger partial charge in [-0.05, 0) is 6.07 Å². The predicted octanol–water partition coefficient (Wildman–Crippen LogP) is 5.15. The maximum Gasteiger partial charge on any atom is 0.101 e. The largest absolute Gasteiger partial charge is 0.288 e. The molecule has 0 unspecified atom stereocenters. The Morgan fingerprint density at radius 1 is 1.00 bits per heavy atom. The fraction of sp³-hybridized carbons (Fsp3) is 0.250. The molecule has 0 bridgehead atoms. The third-order valence-corrected chi connectivity index (χ3v) is 3.44. The summed E-state index contributed by atoms with van der Waals surface area (Å²) in [6.07, 6.45) is 5.79. The average molecular weight is 320 g/mol. The summed E-state index contributed by atoms with van der Waals surface area (Å²) in [5.41, 5.74) is 5.02. The molecule has 4 heteroatoms. The van der Waals surface area contributed by atoms with Gasteiger partial charge in [0, 0.05) is 22.7 Å². The molecule has 2 aromatic heterocycles. The summed E-state index contributed by atoms with van der Waals surface area (Å²) in [6, 6.07) is 12.2. The molecular formula is C20H24N4. The van der Waals surface area contributed by atoms with Crippen LogP contribution < -0.4 is 0 Å². The molecule has 0 atom stereocenters. The van der Waals surface area contributed by atoms with E-state index >= 15 is 0 Å². The zero-order valence-electron chi connectivity index (χ0n) is 14.7. The minimum absolute atomic E-state index is 0.736. The Balaban J connectivity index is 0.000000487. The van der Waals surface area contributed by atoms with Crippen LogP contribution in [0.25, 0.3) is 27.7 Å². The quantitative estimate of drug-likeness (QED) is 0.710. The van der Waals surface area contributed by atoms with E-state index in [0.29, 0.717) is 0 Å². The van der Waals surface area contributed by atoms with Crippen LogP contribution in [-0.2, 0) is 0 Å². The molecule has 1 N–H and O–H groups in total. The van der Waals surface area contributed by atoms with Crippen molar-refractivity contribution in [2.45, 2.75) is 27.7 Å². The lowest BCUT2D eigenvalue weighted by Gasteiger charge is -2.01. The van der Waals surface area contributed by atoms with E-state index in [4.69, 9.17) is 0 Å². The van der Waals surface area contributed by atoms with Crippen molar-refractivity contribution >= 4 is 22.7 Å². The van der Waals surface area contributed by atoms with Gasteiger partial charge in [0.25, 0.3) is 0 Å². The van der Waals surface area contributed by atoms with E-state index in [0.717, 1.165) is 40.0 Å². The second kappa shape index (κ2) is 8.77. The molecule has 4 rings (SSSR count). The lowest BCUT2D eigenvalue weighted by Crippen LogP contribution is -1.86. The van der Waals surface area contributed by atoms with E-state index in [2.05, 4.69) is 44.4 Å². The van der Waals surface area contributed by atoms with Crippen molar-refractivity contribution in [2.75, 3.05) is 6.54 Å². The van der Waals surface area contributed by atoms with Crippen LogP contribution in [0.2, 0.25) is 0 Å². The van der Waals surface area contributed by atoms with Gasteiger partial charge in [-0.1, -0.05) is 64.1 Å². The first-order chi connectivity index (χ1) is 11.9. The van der Waals surface area contributed by atoms with E-state index in [1.165, 1.54) is 0 Å². The zero-order valence-corrected chi connectivity index (χ0v) is 14.7. The highest BCUT2D eigenvalue weighted by molar-refractivity contribution is 6.15. The fourth-order valence-corrected chi connectivity index (χ4v) is 2.42. The van der Waals surface area contributed by atoms with Crippen molar-refractivity contribution < 1.29 is 0 Å². The number of H-pyrrole nitrogens is 1. The topological polar surface area (TPSA) is 53.9 Å². The number of nitrogens with zero attached hydrogens (tertiary/aromatic N) is 3. The van der Waals surface area contributed by atoms with Gasteiger partial charge < -0.3 is 0 Å². The minimum Gasteiger partial charge on any atom is -0.288 e. The summed E-state index contributed by atoms with van der Waals surface area (Å²) in [6.45, 7) is 8.74. The van der Waals surface area contributed by atoms with Gasteiger partial charge in [0.2, 0.25) is 0 Å². The highest BCUT2D eigenvalue weighted by Gasteiger charge is 2.12. The van der Waals surface area contributed by atoms with Gasteiger partial charge in [0.1, 0.15) is 5.69 Å². The van der Waals surface area contributed by atoms with Crippen molar-refractivity contribution in [3.05, 3.63) is 54.4 Å². The van der Waals surface area contributed by atoms with E-state index in [1.54, 1.807) is 0 Å². The van der Waals surface area contributed by atoms with Crippen LogP contribution in [0, 0.1) is 0 Å². The van der Waals surface area contributed by atoms with Crippen LogP contribution in [0.5, 0.6) is 0 Å². The normalized spacial score (nSPS) is 12.1. The molecule has 3 heterocycles. The Hall–Kier alpha value is -2.75. The summed E-state index contributed by atoms with van der Waals surface area (Å²) in [7, 11) is 0. The maximum atomic E-state index is 4.49. The standard InChI is InChI=1S/C16H12N4.2C2H6/c1-2-4-11(5-3-1)14-8-13-15(10-18-14)19-20-16(13)12-6-7-17-9-12;2*1-2/h1-6,8-10H,7H2,(H,19,20);2*1-2H3. The van der Waals surface area contributed by atoms with Crippen molar-refractivity contribution in [3.63, 3.8) is 0 Å². The van der Waals surface area contributed by atoms with Gasteiger partial charge in [0.15, 0.2) is 0 Å². The number of allylic oxidation sites excluding steroid dienone is 1. The third kappa shape index (κ3) is 3.59. The van der Waals surface area contributed by atoms with Gasteiger partial charge in [0.05, 0.1) is 24.0 Å². The first kappa shape index (κ1) is 17.6. The number of nitrogens with one attached hydrogen (secondary N) is 1. The fourth-order valence-electron chi connectivity index (χ4n) is 2.42. The lowest BCUT2D eigenvalue weighted by atomic mass is 10.1. The molecule has 0 saturated heterocycles. The lowest BCUT2D eigenvalue weighted by molar-refractivity contribution is 1.10. The molecule has 1 aliphatic heterocycles. The molecule has 1 aliphatic rings. The Morgan fingerprint density at radius 2 is 1.75 bits per heavy atom. The van der Waals surface area contributed by atoms with E-state index in [-0.39, 0.29) is 0 Å².